The fourth-order valence-corrected chi connectivity index (χ4v) is 6.09. The monoisotopic (exact) mass is 541 g/mol. The summed E-state index contributed by atoms with van der Waals surface area (Å²) in [6.45, 7) is 2.14. The maximum absolute atomic E-state index is 13.2. The van der Waals surface area contributed by atoms with Crippen molar-refractivity contribution in [3.63, 3.8) is 0 Å². The molecule has 188 valence electrons. The van der Waals surface area contributed by atoms with Gasteiger partial charge >= 0.3 is 0 Å². The number of thiophene rings is 1. The Morgan fingerprint density at radius 2 is 1.94 bits per heavy atom. The van der Waals surface area contributed by atoms with Gasteiger partial charge in [0.25, 0.3) is 11.8 Å². The van der Waals surface area contributed by atoms with Crippen molar-refractivity contribution < 1.29 is 9.59 Å². The first kappa shape index (κ1) is 25.3. The summed E-state index contributed by atoms with van der Waals surface area (Å²) in [5.41, 5.74) is 4.90. The van der Waals surface area contributed by atoms with E-state index in [1.54, 1.807) is 24.3 Å². The molecule has 0 unspecified atom stereocenters. The van der Waals surface area contributed by atoms with Crippen LogP contribution in [-0.2, 0) is 18.4 Å². The lowest BCUT2D eigenvalue weighted by atomic mass is 9.90. The number of nitrogens with zero attached hydrogens (tertiary/aromatic N) is 2. The molecule has 1 fully saturated rings. The Bertz CT molecular complexity index is 1320. The van der Waals surface area contributed by atoms with E-state index < -0.39 is 0 Å². The van der Waals surface area contributed by atoms with Crippen molar-refractivity contribution in [1.29, 1.82) is 0 Å². The Balaban J connectivity index is 1.27. The van der Waals surface area contributed by atoms with E-state index in [9.17, 15) is 9.59 Å². The highest BCUT2D eigenvalue weighted by molar-refractivity contribution is 7.18. The molecule has 0 bridgehead atoms. The fourth-order valence-electron chi connectivity index (χ4n) is 4.94. The standard InChI is InChI=1S/C28H29Cl2N3O2S/c1-32(2)13-11-28(9-10-28)19-5-3-4-18(14-19)8-12-33-17-22-21(27(33)35)15-20(29)16-23(22)31-26(34)24-6-7-25(30)36-24/h3-7,14-16H,8-13,17H2,1-2H3,(H,31,34). The topological polar surface area (TPSA) is 52.6 Å². The number of carbonyl (C=O) groups excluding carboxylic acids is 2. The Morgan fingerprint density at radius 1 is 1.14 bits per heavy atom. The zero-order valence-corrected chi connectivity index (χ0v) is 22.8. The van der Waals surface area contributed by atoms with Crippen molar-refractivity contribution in [3.8, 4) is 0 Å². The van der Waals surface area contributed by atoms with E-state index in [4.69, 9.17) is 23.2 Å². The number of halogens is 2. The quantitative estimate of drug-likeness (QED) is 0.336. The second-order valence-electron chi connectivity index (χ2n) is 10.0. The van der Waals surface area contributed by atoms with E-state index in [0.29, 0.717) is 44.0 Å². The third-order valence-corrected chi connectivity index (χ3v) is 8.68. The Kier molecular flexibility index (Phi) is 7.14. The number of benzene rings is 2. The van der Waals surface area contributed by atoms with Crippen LogP contribution in [0.1, 0.15) is 56.0 Å². The van der Waals surface area contributed by atoms with E-state index >= 15 is 0 Å². The molecule has 0 saturated heterocycles. The van der Waals surface area contributed by atoms with E-state index in [2.05, 4.69) is 48.6 Å². The lowest BCUT2D eigenvalue weighted by Crippen LogP contribution is -2.26. The zero-order chi connectivity index (χ0) is 25.4. The molecule has 1 N–H and O–H groups in total. The number of amides is 2. The van der Waals surface area contributed by atoms with Crippen LogP contribution in [0.4, 0.5) is 5.69 Å². The van der Waals surface area contributed by atoms with Gasteiger partial charge in [-0.3, -0.25) is 9.59 Å². The van der Waals surface area contributed by atoms with Crippen molar-refractivity contribution in [3.05, 3.63) is 85.0 Å². The van der Waals surface area contributed by atoms with Crippen LogP contribution in [0.25, 0.3) is 0 Å². The van der Waals surface area contributed by atoms with Gasteiger partial charge in [0.15, 0.2) is 0 Å². The van der Waals surface area contributed by atoms with Crippen LogP contribution in [0.5, 0.6) is 0 Å². The van der Waals surface area contributed by atoms with E-state index in [0.717, 1.165) is 18.5 Å². The van der Waals surface area contributed by atoms with Crippen molar-refractivity contribution in [1.82, 2.24) is 9.80 Å². The molecule has 2 aromatic carbocycles. The molecule has 0 spiro atoms. The van der Waals surface area contributed by atoms with Gasteiger partial charge in [-0.15, -0.1) is 11.3 Å². The zero-order valence-electron chi connectivity index (χ0n) is 20.4. The van der Waals surface area contributed by atoms with Gasteiger partial charge in [-0.2, -0.15) is 0 Å². The fraction of sp³-hybridized carbons (Fsp3) is 0.357. The maximum atomic E-state index is 13.2. The lowest BCUT2D eigenvalue weighted by molar-refractivity contribution is 0.0780. The molecular formula is C28H29Cl2N3O2S. The molecule has 1 saturated carbocycles. The second-order valence-corrected chi connectivity index (χ2v) is 12.2. The van der Waals surface area contributed by atoms with Gasteiger partial charge in [-0.25, -0.2) is 0 Å². The average Bonchev–Trinajstić information content (AvgIpc) is 3.42. The summed E-state index contributed by atoms with van der Waals surface area (Å²) in [4.78, 5) is 30.5. The molecule has 36 heavy (non-hydrogen) atoms. The summed E-state index contributed by atoms with van der Waals surface area (Å²) < 4.78 is 0.548. The number of anilines is 1. The third-order valence-electron chi connectivity index (χ3n) is 7.23. The van der Waals surface area contributed by atoms with Crippen molar-refractivity contribution in [2.45, 2.75) is 37.6 Å². The summed E-state index contributed by atoms with van der Waals surface area (Å²) >= 11 is 13.5. The minimum Gasteiger partial charge on any atom is -0.334 e. The number of hydrogen-bond donors (Lipinski definition) is 1. The molecule has 1 aliphatic heterocycles. The third kappa shape index (κ3) is 5.32. The maximum Gasteiger partial charge on any atom is 0.265 e. The number of nitrogens with one attached hydrogen (secondary N) is 1. The van der Waals surface area contributed by atoms with Crippen molar-refractivity contribution in [2.75, 3.05) is 32.5 Å². The van der Waals surface area contributed by atoms with E-state index in [-0.39, 0.29) is 11.8 Å². The first-order chi connectivity index (χ1) is 17.2. The van der Waals surface area contributed by atoms with Crippen LogP contribution in [-0.4, -0.2) is 48.8 Å². The van der Waals surface area contributed by atoms with Gasteiger partial charge in [0.2, 0.25) is 0 Å². The minimum absolute atomic E-state index is 0.0528. The molecule has 2 aliphatic rings. The second kappa shape index (κ2) is 10.2. The van der Waals surface area contributed by atoms with Crippen LogP contribution in [0.15, 0.2) is 48.5 Å². The summed E-state index contributed by atoms with van der Waals surface area (Å²) in [5, 5.41) is 3.34. The number of carbonyl (C=O) groups is 2. The average molecular weight is 543 g/mol. The molecule has 5 nitrogen and oxygen atoms in total. The molecule has 2 heterocycles. The predicted octanol–water partition coefficient (Wildman–Crippen LogP) is 6.49. The molecule has 1 aliphatic carbocycles. The van der Waals surface area contributed by atoms with Crippen molar-refractivity contribution >= 4 is 52.0 Å². The van der Waals surface area contributed by atoms with Crippen LogP contribution in [0.2, 0.25) is 9.36 Å². The normalized spacial score (nSPS) is 15.9. The molecular weight excluding hydrogens is 513 g/mol. The number of fused-ring (bicyclic) bond motifs is 1. The van der Waals surface area contributed by atoms with Gasteiger partial charge < -0.3 is 15.1 Å². The highest BCUT2D eigenvalue weighted by Gasteiger charge is 2.43. The van der Waals surface area contributed by atoms with Gasteiger partial charge in [-0.1, -0.05) is 47.5 Å². The number of hydrogen-bond acceptors (Lipinski definition) is 4. The first-order valence-electron chi connectivity index (χ1n) is 12.2. The number of rotatable bonds is 9. The molecule has 8 heteroatoms. The molecule has 3 aromatic rings. The smallest absolute Gasteiger partial charge is 0.265 e. The van der Waals surface area contributed by atoms with Gasteiger partial charge in [0, 0.05) is 34.9 Å². The Morgan fingerprint density at radius 3 is 2.64 bits per heavy atom. The van der Waals surface area contributed by atoms with Gasteiger partial charge in [-0.05, 0) is 87.1 Å². The van der Waals surface area contributed by atoms with Gasteiger partial charge in [0.1, 0.15) is 0 Å². The molecule has 0 atom stereocenters. The largest absolute Gasteiger partial charge is 0.334 e. The molecule has 5 rings (SSSR count). The van der Waals surface area contributed by atoms with Crippen molar-refractivity contribution in [2.24, 2.45) is 0 Å². The van der Waals surface area contributed by atoms with E-state index in [1.165, 1.54) is 41.7 Å². The summed E-state index contributed by atoms with van der Waals surface area (Å²) in [7, 11) is 4.25. The van der Waals surface area contributed by atoms with Crippen LogP contribution in [0, 0.1) is 0 Å². The van der Waals surface area contributed by atoms with Crippen LogP contribution < -0.4 is 5.32 Å². The minimum atomic E-state index is -0.262. The molecule has 0 radical (unpaired) electrons. The van der Waals surface area contributed by atoms with Crippen LogP contribution >= 0.6 is 34.5 Å². The van der Waals surface area contributed by atoms with Gasteiger partial charge in [0.05, 0.1) is 9.21 Å². The highest BCUT2D eigenvalue weighted by atomic mass is 35.5. The molecule has 1 aromatic heterocycles. The summed E-state index contributed by atoms with van der Waals surface area (Å²) in [5.74, 6) is -0.315. The van der Waals surface area contributed by atoms with E-state index in [1.807, 2.05) is 4.90 Å². The predicted molar refractivity (Wildman–Crippen MR) is 148 cm³/mol. The lowest BCUT2D eigenvalue weighted by Gasteiger charge is -2.20. The highest BCUT2D eigenvalue weighted by Crippen LogP contribution is 2.51. The first-order valence-corrected chi connectivity index (χ1v) is 13.7. The summed E-state index contributed by atoms with van der Waals surface area (Å²) in [6, 6.07) is 15.6. The SMILES string of the molecule is CN(C)CCC1(c2cccc(CCN3Cc4c(NC(=O)c5ccc(Cl)s5)cc(Cl)cc4C3=O)c2)CC1. The Labute approximate surface area is 226 Å². The summed E-state index contributed by atoms with van der Waals surface area (Å²) in [6.07, 6.45) is 4.45. The molecule has 2 amide bonds. The Hall–Kier alpha value is -2.38. The van der Waals surface area contributed by atoms with Crippen LogP contribution in [0.3, 0.4) is 0 Å².